The number of aromatic nitrogens is 1. The van der Waals surface area contributed by atoms with Gasteiger partial charge in [0.1, 0.15) is 5.03 Å². The fourth-order valence-electron chi connectivity index (χ4n) is 0.735. The number of thioether (sulfide) groups is 1. The Balaban J connectivity index is 2.80. The number of halogens is 2. The van der Waals surface area contributed by atoms with Crippen LogP contribution in [0, 0.1) is 5.82 Å². The molecule has 1 aromatic heterocycles. The highest BCUT2D eigenvalue weighted by Gasteiger charge is 2.20. The summed E-state index contributed by atoms with van der Waals surface area (Å²) in [5, 5.41) is 0.410. The van der Waals surface area contributed by atoms with E-state index in [1.165, 1.54) is 17.8 Å². The van der Waals surface area contributed by atoms with Gasteiger partial charge in [0.2, 0.25) is 0 Å². The summed E-state index contributed by atoms with van der Waals surface area (Å²) in [6.45, 7) is 3.91. The molecular weight excluding hydrogens is 209 g/mol. The Hall–Kier alpha value is -0.280. The highest BCUT2D eigenvalue weighted by molar-refractivity contribution is 8.00. The first-order chi connectivity index (χ1) is 6.05. The van der Waals surface area contributed by atoms with E-state index in [9.17, 15) is 4.39 Å². The molecule has 0 aliphatic carbocycles. The maximum absolute atomic E-state index is 13.1. The summed E-state index contributed by atoms with van der Waals surface area (Å²) in [6.07, 6.45) is 1.58. The van der Waals surface area contributed by atoms with Gasteiger partial charge in [0.05, 0.1) is 0 Å². The van der Waals surface area contributed by atoms with Crippen molar-refractivity contribution in [3.63, 3.8) is 0 Å². The van der Waals surface area contributed by atoms with Crippen molar-refractivity contribution in [2.24, 2.45) is 0 Å². The van der Waals surface area contributed by atoms with Crippen molar-refractivity contribution in [2.45, 2.75) is 23.6 Å². The third-order valence-corrected chi connectivity index (χ3v) is 3.44. The quantitative estimate of drug-likeness (QED) is 0.571. The zero-order chi connectivity index (χ0) is 9.90. The molecule has 0 N–H and O–H groups in total. The van der Waals surface area contributed by atoms with Crippen LogP contribution in [0.2, 0.25) is 0 Å². The van der Waals surface area contributed by atoms with Gasteiger partial charge in [0.25, 0.3) is 0 Å². The molecule has 0 aliphatic heterocycles. The van der Waals surface area contributed by atoms with Gasteiger partial charge in [-0.1, -0.05) is 11.8 Å². The lowest BCUT2D eigenvalue weighted by molar-refractivity contribution is 0.586. The first-order valence-electron chi connectivity index (χ1n) is 3.91. The second-order valence-electron chi connectivity index (χ2n) is 3.29. The van der Waals surface area contributed by atoms with Crippen molar-refractivity contribution in [2.75, 3.05) is 5.88 Å². The molecule has 0 bridgehead atoms. The van der Waals surface area contributed by atoms with Crippen LogP contribution in [0.4, 0.5) is 4.39 Å². The van der Waals surface area contributed by atoms with Crippen LogP contribution in [0.25, 0.3) is 0 Å². The number of rotatable bonds is 3. The van der Waals surface area contributed by atoms with Gasteiger partial charge in [0.15, 0.2) is 5.82 Å². The second kappa shape index (κ2) is 4.29. The molecule has 1 rings (SSSR count). The molecule has 0 spiro atoms. The normalized spacial score (nSPS) is 11.7. The predicted octanol–water partition coefficient (Wildman–Crippen LogP) is 3.33. The number of pyridine rings is 1. The molecule has 1 nitrogen and oxygen atoms in total. The number of hydrogen-bond donors (Lipinski definition) is 0. The van der Waals surface area contributed by atoms with Crippen molar-refractivity contribution in [3.8, 4) is 0 Å². The topological polar surface area (TPSA) is 12.9 Å². The average Bonchev–Trinajstić information content (AvgIpc) is 2.09. The molecule has 13 heavy (non-hydrogen) atoms. The first kappa shape index (κ1) is 10.8. The lowest BCUT2D eigenvalue weighted by Gasteiger charge is -2.19. The molecule has 0 saturated carbocycles. The van der Waals surface area contributed by atoms with Crippen LogP contribution in [0.5, 0.6) is 0 Å². The Labute approximate surface area is 86.7 Å². The summed E-state index contributed by atoms with van der Waals surface area (Å²) in [5.41, 5.74) is 0. The Morgan fingerprint density at radius 1 is 1.62 bits per heavy atom. The van der Waals surface area contributed by atoms with Gasteiger partial charge in [-0.25, -0.2) is 9.37 Å². The summed E-state index contributed by atoms with van der Waals surface area (Å²) in [7, 11) is 0. The third kappa shape index (κ3) is 3.16. The molecule has 0 amide bonds. The van der Waals surface area contributed by atoms with Crippen LogP contribution in [-0.2, 0) is 0 Å². The Bertz CT molecular complexity index is 291. The van der Waals surface area contributed by atoms with E-state index in [2.05, 4.69) is 4.98 Å². The number of nitrogens with zero attached hydrogens (tertiary/aromatic N) is 1. The van der Waals surface area contributed by atoms with Gasteiger partial charge in [-0.05, 0) is 26.0 Å². The molecule has 0 aromatic carbocycles. The summed E-state index contributed by atoms with van der Waals surface area (Å²) < 4.78 is 12.9. The van der Waals surface area contributed by atoms with Crippen LogP contribution in [0.3, 0.4) is 0 Å². The summed E-state index contributed by atoms with van der Waals surface area (Å²) >= 11 is 7.08. The van der Waals surface area contributed by atoms with E-state index < -0.39 is 0 Å². The standard InChI is InChI=1S/C9H11ClFNS/c1-9(2,6-10)13-8-7(11)4-3-5-12-8/h3-5H,6H2,1-2H3. The van der Waals surface area contributed by atoms with Crippen molar-refractivity contribution in [1.29, 1.82) is 0 Å². The van der Waals surface area contributed by atoms with E-state index in [1.807, 2.05) is 13.8 Å². The molecule has 0 radical (unpaired) electrons. The maximum Gasteiger partial charge on any atom is 0.155 e. The van der Waals surface area contributed by atoms with Gasteiger partial charge in [-0.15, -0.1) is 11.6 Å². The van der Waals surface area contributed by atoms with Gasteiger partial charge in [0, 0.05) is 16.8 Å². The summed E-state index contributed by atoms with van der Waals surface area (Å²) in [5.74, 6) is 0.180. The zero-order valence-corrected chi connectivity index (χ0v) is 9.12. The SMILES string of the molecule is CC(C)(CCl)Sc1ncccc1F. The van der Waals surface area contributed by atoms with Crippen molar-refractivity contribution < 1.29 is 4.39 Å². The van der Waals surface area contributed by atoms with E-state index in [4.69, 9.17) is 11.6 Å². The van der Waals surface area contributed by atoms with Crippen LogP contribution in [-0.4, -0.2) is 15.6 Å². The average molecular weight is 220 g/mol. The zero-order valence-electron chi connectivity index (χ0n) is 7.55. The summed E-state index contributed by atoms with van der Waals surface area (Å²) in [6, 6.07) is 2.98. The molecule has 0 unspecified atom stereocenters. The molecule has 72 valence electrons. The third-order valence-electron chi connectivity index (χ3n) is 1.42. The monoisotopic (exact) mass is 219 g/mol. The maximum atomic E-state index is 13.1. The van der Waals surface area contributed by atoms with Crippen molar-refractivity contribution in [1.82, 2.24) is 4.98 Å². The Morgan fingerprint density at radius 3 is 2.85 bits per heavy atom. The fraction of sp³-hybridized carbons (Fsp3) is 0.444. The number of alkyl halides is 1. The van der Waals surface area contributed by atoms with Crippen molar-refractivity contribution >= 4 is 23.4 Å². The molecule has 1 heterocycles. The fourth-order valence-corrected chi connectivity index (χ4v) is 1.76. The van der Waals surface area contributed by atoms with Gasteiger partial charge >= 0.3 is 0 Å². The van der Waals surface area contributed by atoms with E-state index in [1.54, 1.807) is 12.3 Å². The largest absolute Gasteiger partial charge is 0.247 e. The van der Waals surface area contributed by atoms with E-state index in [0.29, 0.717) is 10.9 Å². The highest BCUT2D eigenvalue weighted by atomic mass is 35.5. The minimum atomic E-state index is -0.286. The molecule has 0 saturated heterocycles. The highest BCUT2D eigenvalue weighted by Crippen LogP contribution is 2.33. The van der Waals surface area contributed by atoms with E-state index in [-0.39, 0.29) is 10.6 Å². The minimum absolute atomic E-state index is 0.184. The molecule has 4 heteroatoms. The van der Waals surface area contributed by atoms with Crippen LogP contribution in [0.1, 0.15) is 13.8 Å². The van der Waals surface area contributed by atoms with Crippen LogP contribution in [0.15, 0.2) is 23.4 Å². The Morgan fingerprint density at radius 2 is 2.31 bits per heavy atom. The molecule has 1 aromatic rings. The summed E-state index contributed by atoms with van der Waals surface area (Å²) in [4.78, 5) is 3.94. The lowest BCUT2D eigenvalue weighted by Crippen LogP contribution is -2.16. The molecule has 0 aliphatic rings. The molecular formula is C9H11ClFNS. The minimum Gasteiger partial charge on any atom is -0.247 e. The predicted molar refractivity (Wildman–Crippen MR) is 54.9 cm³/mol. The van der Waals surface area contributed by atoms with Gasteiger partial charge < -0.3 is 0 Å². The molecule has 0 atom stereocenters. The lowest BCUT2D eigenvalue weighted by atomic mass is 10.2. The molecule has 0 fully saturated rings. The Kier molecular flexibility index (Phi) is 3.56. The smallest absolute Gasteiger partial charge is 0.155 e. The first-order valence-corrected chi connectivity index (χ1v) is 5.26. The van der Waals surface area contributed by atoms with E-state index in [0.717, 1.165) is 0 Å². The van der Waals surface area contributed by atoms with Gasteiger partial charge in [-0.3, -0.25) is 0 Å². The van der Waals surface area contributed by atoms with Crippen LogP contribution >= 0.6 is 23.4 Å². The van der Waals surface area contributed by atoms with Crippen LogP contribution < -0.4 is 0 Å². The second-order valence-corrected chi connectivity index (χ2v) is 5.25. The number of hydrogen-bond acceptors (Lipinski definition) is 2. The van der Waals surface area contributed by atoms with Gasteiger partial charge in [-0.2, -0.15) is 0 Å². The van der Waals surface area contributed by atoms with Crippen molar-refractivity contribution in [3.05, 3.63) is 24.1 Å². The van der Waals surface area contributed by atoms with E-state index >= 15 is 0 Å².